The molecule has 1 amide bonds. The van der Waals surface area contributed by atoms with Gasteiger partial charge in [-0.2, -0.15) is 18.3 Å². The van der Waals surface area contributed by atoms with Gasteiger partial charge in [-0.15, -0.1) is 0 Å². The SMILES string of the molecule is COc1cc2nn(CCO)cc2cc1NC(=O)c1cccc(C(F)(F)F)n1. The molecular formula is C17H15F3N4O3. The number of nitrogens with one attached hydrogen (secondary N) is 1. The van der Waals surface area contributed by atoms with Gasteiger partial charge in [0.2, 0.25) is 0 Å². The maximum Gasteiger partial charge on any atom is 0.433 e. The van der Waals surface area contributed by atoms with Crippen molar-refractivity contribution in [2.75, 3.05) is 19.0 Å². The maximum absolute atomic E-state index is 12.8. The normalized spacial score (nSPS) is 11.6. The molecule has 0 saturated carbocycles. The van der Waals surface area contributed by atoms with Crippen LogP contribution in [0.1, 0.15) is 16.2 Å². The van der Waals surface area contributed by atoms with Crippen LogP contribution in [0, 0.1) is 0 Å². The number of carbonyl (C=O) groups is 1. The number of amides is 1. The van der Waals surface area contributed by atoms with E-state index >= 15 is 0 Å². The Labute approximate surface area is 151 Å². The van der Waals surface area contributed by atoms with Gasteiger partial charge in [0.15, 0.2) is 0 Å². The van der Waals surface area contributed by atoms with Gasteiger partial charge in [-0.25, -0.2) is 4.98 Å². The fourth-order valence-electron chi connectivity index (χ4n) is 2.49. The third kappa shape index (κ3) is 4.00. The predicted octanol–water partition coefficient (Wildman–Crippen LogP) is 2.70. The summed E-state index contributed by atoms with van der Waals surface area (Å²) in [6, 6.07) is 6.26. The quantitative estimate of drug-likeness (QED) is 0.711. The number of anilines is 1. The lowest BCUT2D eigenvalue weighted by molar-refractivity contribution is -0.141. The van der Waals surface area contributed by atoms with Gasteiger partial charge in [0.05, 0.1) is 31.5 Å². The third-order valence-corrected chi connectivity index (χ3v) is 3.72. The summed E-state index contributed by atoms with van der Waals surface area (Å²) in [6.45, 7) is 0.211. The molecule has 0 bridgehead atoms. The average molecular weight is 380 g/mol. The van der Waals surface area contributed by atoms with Gasteiger partial charge in [-0.3, -0.25) is 9.48 Å². The molecular weight excluding hydrogens is 365 g/mol. The number of halogens is 3. The molecule has 2 aromatic heterocycles. The molecule has 0 spiro atoms. The standard InChI is InChI=1S/C17H15F3N4O3/c1-27-14-8-12-10(9-24(23-12)5-6-25)7-13(14)22-16(26)11-3-2-4-15(21-11)17(18,19)20/h2-4,7-9,25H,5-6H2,1H3,(H,22,26). The Kier molecular flexibility index (Phi) is 5.00. The van der Waals surface area contributed by atoms with E-state index in [0.717, 1.165) is 12.1 Å². The fourth-order valence-corrected chi connectivity index (χ4v) is 2.49. The van der Waals surface area contributed by atoms with Crippen molar-refractivity contribution < 1.29 is 27.8 Å². The number of aliphatic hydroxyl groups excluding tert-OH is 1. The molecule has 142 valence electrons. The second kappa shape index (κ2) is 7.23. The monoisotopic (exact) mass is 380 g/mol. The summed E-state index contributed by atoms with van der Waals surface area (Å²) < 4.78 is 45.1. The van der Waals surface area contributed by atoms with E-state index in [1.807, 2.05) is 0 Å². The van der Waals surface area contributed by atoms with Gasteiger partial charge in [-0.1, -0.05) is 6.07 Å². The number of rotatable bonds is 5. The Balaban J connectivity index is 1.92. The minimum absolute atomic E-state index is 0.0874. The van der Waals surface area contributed by atoms with Crippen LogP contribution in [0.25, 0.3) is 10.9 Å². The van der Waals surface area contributed by atoms with E-state index in [4.69, 9.17) is 9.84 Å². The molecule has 0 aliphatic heterocycles. The van der Waals surface area contributed by atoms with Crippen molar-refractivity contribution in [3.05, 3.63) is 47.9 Å². The van der Waals surface area contributed by atoms with Crippen LogP contribution in [0.4, 0.5) is 18.9 Å². The van der Waals surface area contributed by atoms with Gasteiger partial charge in [0, 0.05) is 17.6 Å². The Bertz CT molecular complexity index is 985. The number of nitrogens with zero attached hydrogens (tertiary/aromatic N) is 3. The number of pyridine rings is 1. The minimum Gasteiger partial charge on any atom is -0.494 e. The number of hydrogen-bond acceptors (Lipinski definition) is 5. The zero-order chi connectivity index (χ0) is 19.6. The van der Waals surface area contributed by atoms with Crippen molar-refractivity contribution in [2.45, 2.75) is 12.7 Å². The van der Waals surface area contributed by atoms with E-state index in [1.54, 1.807) is 18.3 Å². The highest BCUT2D eigenvalue weighted by Crippen LogP contribution is 2.31. The van der Waals surface area contributed by atoms with Crippen LogP contribution in [0.5, 0.6) is 5.75 Å². The lowest BCUT2D eigenvalue weighted by Crippen LogP contribution is -2.17. The number of methoxy groups -OCH3 is 1. The summed E-state index contributed by atoms with van der Waals surface area (Å²) in [7, 11) is 1.39. The van der Waals surface area contributed by atoms with E-state index in [2.05, 4.69) is 15.4 Å². The summed E-state index contributed by atoms with van der Waals surface area (Å²) in [5.41, 5.74) is -0.681. The number of aliphatic hydroxyl groups is 1. The van der Waals surface area contributed by atoms with E-state index in [9.17, 15) is 18.0 Å². The first-order chi connectivity index (χ1) is 12.8. The van der Waals surface area contributed by atoms with Crippen LogP contribution in [0.2, 0.25) is 0 Å². The van der Waals surface area contributed by atoms with E-state index in [0.29, 0.717) is 17.4 Å². The second-order valence-corrected chi connectivity index (χ2v) is 5.59. The molecule has 3 aromatic rings. The van der Waals surface area contributed by atoms with Gasteiger partial charge >= 0.3 is 6.18 Å². The highest BCUT2D eigenvalue weighted by atomic mass is 19.4. The molecule has 0 fully saturated rings. The van der Waals surface area contributed by atoms with Crippen molar-refractivity contribution in [1.29, 1.82) is 0 Å². The number of ether oxygens (including phenoxy) is 1. The van der Waals surface area contributed by atoms with Crippen molar-refractivity contribution >= 4 is 22.5 Å². The van der Waals surface area contributed by atoms with Crippen molar-refractivity contribution in [1.82, 2.24) is 14.8 Å². The van der Waals surface area contributed by atoms with Crippen LogP contribution < -0.4 is 10.1 Å². The van der Waals surface area contributed by atoms with Gasteiger partial charge in [0.25, 0.3) is 5.91 Å². The van der Waals surface area contributed by atoms with E-state index < -0.39 is 17.8 Å². The lowest BCUT2D eigenvalue weighted by atomic mass is 10.2. The second-order valence-electron chi connectivity index (χ2n) is 5.59. The van der Waals surface area contributed by atoms with Crippen LogP contribution in [-0.2, 0) is 12.7 Å². The number of benzene rings is 1. The third-order valence-electron chi connectivity index (χ3n) is 3.72. The van der Waals surface area contributed by atoms with Crippen LogP contribution in [-0.4, -0.2) is 39.5 Å². The highest BCUT2D eigenvalue weighted by Gasteiger charge is 2.33. The van der Waals surface area contributed by atoms with Crippen LogP contribution in [0.15, 0.2) is 36.5 Å². The molecule has 0 atom stereocenters. The molecule has 10 heteroatoms. The molecule has 2 heterocycles. The number of carbonyl (C=O) groups excluding carboxylic acids is 1. The first-order valence-electron chi connectivity index (χ1n) is 7.83. The first-order valence-corrected chi connectivity index (χ1v) is 7.83. The number of aromatic nitrogens is 3. The molecule has 0 aliphatic carbocycles. The van der Waals surface area contributed by atoms with Crippen molar-refractivity contribution in [3.63, 3.8) is 0 Å². The zero-order valence-electron chi connectivity index (χ0n) is 14.1. The average Bonchev–Trinajstić information content (AvgIpc) is 3.02. The number of alkyl halides is 3. The largest absolute Gasteiger partial charge is 0.494 e. The van der Waals surface area contributed by atoms with Gasteiger partial charge < -0.3 is 15.2 Å². The Morgan fingerprint density at radius 1 is 1.33 bits per heavy atom. The molecule has 2 N–H and O–H groups in total. The fraction of sp³-hybridized carbons (Fsp3) is 0.235. The maximum atomic E-state index is 12.8. The molecule has 0 unspecified atom stereocenters. The highest BCUT2D eigenvalue weighted by molar-refractivity contribution is 6.05. The molecule has 0 radical (unpaired) electrons. The minimum atomic E-state index is -4.64. The number of fused-ring (bicyclic) bond motifs is 1. The Morgan fingerprint density at radius 3 is 2.78 bits per heavy atom. The molecule has 0 saturated heterocycles. The summed E-state index contributed by atoms with van der Waals surface area (Å²) in [5.74, 6) is -0.515. The van der Waals surface area contributed by atoms with Crippen LogP contribution in [0.3, 0.4) is 0 Å². The predicted molar refractivity (Wildman–Crippen MR) is 90.6 cm³/mol. The first kappa shape index (κ1) is 18.6. The summed E-state index contributed by atoms with van der Waals surface area (Å²) in [6.07, 6.45) is -2.97. The van der Waals surface area contributed by atoms with Crippen LogP contribution >= 0.6 is 0 Å². The van der Waals surface area contributed by atoms with Gasteiger partial charge in [-0.05, 0) is 18.2 Å². The molecule has 1 aromatic carbocycles. The summed E-state index contributed by atoms with van der Waals surface area (Å²) >= 11 is 0. The van der Waals surface area contributed by atoms with Crippen molar-refractivity contribution in [2.24, 2.45) is 0 Å². The summed E-state index contributed by atoms with van der Waals surface area (Å²) in [4.78, 5) is 15.7. The zero-order valence-corrected chi connectivity index (χ0v) is 14.1. The summed E-state index contributed by atoms with van der Waals surface area (Å²) in [5, 5.41) is 16.4. The lowest BCUT2D eigenvalue weighted by Gasteiger charge is -2.11. The Hall–Kier alpha value is -3.14. The molecule has 7 nitrogen and oxygen atoms in total. The van der Waals surface area contributed by atoms with E-state index in [1.165, 1.54) is 17.9 Å². The Morgan fingerprint density at radius 2 is 2.11 bits per heavy atom. The van der Waals surface area contributed by atoms with Gasteiger partial charge in [0.1, 0.15) is 17.1 Å². The molecule has 3 rings (SSSR count). The topological polar surface area (TPSA) is 89.3 Å². The van der Waals surface area contributed by atoms with E-state index in [-0.39, 0.29) is 23.7 Å². The number of hydrogen-bond donors (Lipinski definition) is 2. The van der Waals surface area contributed by atoms with Crippen molar-refractivity contribution in [3.8, 4) is 5.75 Å². The molecule has 27 heavy (non-hydrogen) atoms. The smallest absolute Gasteiger partial charge is 0.433 e. The molecule has 0 aliphatic rings.